The molecule has 0 radical (unpaired) electrons. The first-order valence-electron chi connectivity index (χ1n) is 16.1. The van der Waals surface area contributed by atoms with Gasteiger partial charge in [-0.1, -0.05) is 62.7 Å². The number of carbonyl (C=O) groups excluding carboxylic acids is 3. The highest BCUT2D eigenvalue weighted by atomic mass is 16.5. The van der Waals surface area contributed by atoms with Crippen molar-refractivity contribution in [1.29, 1.82) is 0 Å². The van der Waals surface area contributed by atoms with Crippen LogP contribution in [-0.2, 0) is 25.7 Å². The minimum Gasteiger partial charge on any atom is -0.494 e. The Kier molecular flexibility index (Phi) is 12.3. The first-order valence-corrected chi connectivity index (χ1v) is 16.1. The van der Waals surface area contributed by atoms with E-state index in [0.717, 1.165) is 42.6 Å². The number of anilines is 1. The molecule has 0 aliphatic carbocycles. The van der Waals surface area contributed by atoms with Crippen molar-refractivity contribution in [3.8, 4) is 5.75 Å². The summed E-state index contributed by atoms with van der Waals surface area (Å²) in [7, 11) is 0. The zero-order chi connectivity index (χ0) is 33.1. The Bertz CT molecular complexity index is 1410. The van der Waals surface area contributed by atoms with Gasteiger partial charge in [0.25, 0.3) is 5.91 Å². The van der Waals surface area contributed by atoms with E-state index in [4.69, 9.17) is 15.2 Å². The lowest BCUT2D eigenvalue weighted by Crippen LogP contribution is -2.56. The van der Waals surface area contributed by atoms with E-state index >= 15 is 0 Å². The van der Waals surface area contributed by atoms with Gasteiger partial charge in [-0.3, -0.25) is 14.4 Å². The molecule has 2 aromatic carbocycles. The lowest BCUT2D eigenvalue weighted by molar-refractivity contribution is -0.135. The molecule has 2 unspecified atom stereocenters. The van der Waals surface area contributed by atoms with E-state index in [1.807, 2.05) is 59.5 Å². The number of nitrogens with one attached hydrogen (secondary N) is 2. The topological polar surface area (TPSA) is 141 Å². The van der Waals surface area contributed by atoms with E-state index < -0.39 is 29.4 Å². The summed E-state index contributed by atoms with van der Waals surface area (Å²) in [6.45, 7) is 9.65. The van der Waals surface area contributed by atoms with Crippen LogP contribution in [0.4, 0.5) is 5.82 Å². The number of rotatable bonds is 15. The molecule has 1 fully saturated rings. The summed E-state index contributed by atoms with van der Waals surface area (Å²) in [5.74, 6) is 0.516. The highest BCUT2D eigenvalue weighted by Gasteiger charge is 2.31. The van der Waals surface area contributed by atoms with Gasteiger partial charge in [-0.05, 0) is 62.3 Å². The van der Waals surface area contributed by atoms with Gasteiger partial charge < -0.3 is 35.3 Å². The minimum absolute atomic E-state index is 0.0357. The molecule has 1 aliphatic rings. The molecule has 4 N–H and O–H groups in total. The van der Waals surface area contributed by atoms with Crippen molar-refractivity contribution in [2.45, 2.75) is 77.6 Å². The van der Waals surface area contributed by atoms with E-state index in [-0.39, 0.29) is 24.9 Å². The molecule has 1 aliphatic heterocycles. The van der Waals surface area contributed by atoms with Gasteiger partial charge in [0, 0.05) is 19.3 Å². The van der Waals surface area contributed by atoms with Crippen LogP contribution < -0.4 is 21.1 Å². The second kappa shape index (κ2) is 16.4. The van der Waals surface area contributed by atoms with Gasteiger partial charge in [-0.25, -0.2) is 4.98 Å². The number of nitrogens with zero attached hydrogens (tertiary/aromatic N) is 3. The number of hydrogen-bond donors (Lipinski definition) is 3. The summed E-state index contributed by atoms with van der Waals surface area (Å²) in [5.41, 5.74) is 6.51. The van der Waals surface area contributed by atoms with Crippen molar-refractivity contribution in [2.24, 2.45) is 11.7 Å². The molecular weight excluding hydrogens is 584 g/mol. The summed E-state index contributed by atoms with van der Waals surface area (Å²) >= 11 is 0. The van der Waals surface area contributed by atoms with Gasteiger partial charge in [0.15, 0.2) is 5.82 Å². The van der Waals surface area contributed by atoms with Crippen molar-refractivity contribution >= 4 is 23.5 Å². The van der Waals surface area contributed by atoms with Crippen LogP contribution in [0.25, 0.3) is 0 Å². The number of hydrogen-bond acceptors (Lipinski definition) is 7. The van der Waals surface area contributed by atoms with Crippen LogP contribution in [0.15, 0.2) is 67.1 Å². The predicted molar refractivity (Wildman–Crippen MR) is 177 cm³/mol. The van der Waals surface area contributed by atoms with Crippen molar-refractivity contribution in [2.75, 3.05) is 31.6 Å². The van der Waals surface area contributed by atoms with Crippen LogP contribution in [-0.4, -0.2) is 70.1 Å². The summed E-state index contributed by atoms with van der Waals surface area (Å²) in [5, 5.41) is 5.48. The Hall–Kier alpha value is -4.22. The first kappa shape index (κ1) is 34.6. The van der Waals surface area contributed by atoms with Crippen LogP contribution in [0.5, 0.6) is 5.75 Å². The average Bonchev–Trinajstić information content (AvgIpc) is 3.49. The highest BCUT2D eigenvalue weighted by molar-refractivity contribution is 5.98. The van der Waals surface area contributed by atoms with Crippen molar-refractivity contribution in [1.82, 2.24) is 19.8 Å². The zero-order valence-corrected chi connectivity index (χ0v) is 27.4. The van der Waals surface area contributed by atoms with Gasteiger partial charge >= 0.3 is 0 Å². The maximum absolute atomic E-state index is 14.0. The molecule has 46 heavy (non-hydrogen) atoms. The minimum atomic E-state index is -1.20. The fourth-order valence-corrected chi connectivity index (χ4v) is 5.08. The Labute approximate surface area is 271 Å². The monoisotopic (exact) mass is 632 g/mol. The fourth-order valence-electron chi connectivity index (χ4n) is 5.08. The summed E-state index contributed by atoms with van der Waals surface area (Å²) in [6, 6.07) is 15.4. The lowest BCUT2D eigenvalue weighted by atomic mass is 9.97. The second-order valence-corrected chi connectivity index (χ2v) is 12.6. The van der Waals surface area contributed by atoms with Crippen molar-refractivity contribution in [3.05, 3.63) is 78.2 Å². The number of piperidine rings is 1. The third-order valence-corrected chi connectivity index (χ3v) is 8.05. The van der Waals surface area contributed by atoms with Gasteiger partial charge in [-0.2, -0.15) is 0 Å². The number of aromatic nitrogens is 2. The first-order chi connectivity index (χ1) is 22.0. The van der Waals surface area contributed by atoms with Crippen LogP contribution >= 0.6 is 0 Å². The number of imidazole rings is 1. The summed E-state index contributed by atoms with van der Waals surface area (Å²) in [4.78, 5) is 46.4. The molecule has 248 valence electrons. The van der Waals surface area contributed by atoms with E-state index in [1.165, 1.54) is 0 Å². The zero-order valence-electron chi connectivity index (χ0n) is 27.4. The SMILES string of the molecule is CCCCOc1ccc(C(C(=O)N2CCC(C)CC2)n2cnc(NC(=O)C(COCc3ccccc3)NC(=O)C(C)(C)N)c2)cc1. The predicted octanol–water partition coefficient (Wildman–Crippen LogP) is 4.29. The van der Waals surface area contributed by atoms with E-state index in [0.29, 0.717) is 25.6 Å². The molecule has 1 saturated heterocycles. The average molecular weight is 633 g/mol. The van der Waals surface area contributed by atoms with Gasteiger partial charge in [0.1, 0.15) is 17.8 Å². The maximum atomic E-state index is 14.0. The van der Waals surface area contributed by atoms with Gasteiger partial charge in [-0.15, -0.1) is 0 Å². The normalized spacial score (nSPS) is 15.2. The Balaban J connectivity index is 1.51. The largest absolute Gasteiger partial charge is 0.494 e. The third kappa shape index (κ3) is 9.89. The number of likely N-dealkylation sites (tertiary alicyclic amines) is 1. The number of amides is 3. The number of unbranched alkanes of at least 4 members (excludes halogenated alkanes) is 1. The molecule has 0 spiro atoms. The number of benzene rings is 2. The van der Waals surface area contributed by atoms with Crippen LogP contribution in [0.3, 0.4) is 0 Å². The van der Waals surface area contributed by atoms with Crippen molar-refractivity contribution < 1.29 is 23.9 Å². The molecule has 1 aromatic heterocycles. The summed E-state index contributed by atoms with van der Waals surface area (Å²) < 4.78 is 13.4. The van der Waals surface area contributed by atoms with Gasteiger partial charge in [0.2, 0.25) is 11.8 Å². The van der Waals surface area contributed by atoms with Gasteiger partial charge in [0.05, 0.1) is 31.7 Å². The Morgan fingerprint density at radius 3 is 2.41 bits per heavy atom. The molecule has 3 aromatic rings. The Morgan fingerprint density at radius 1 is 1.07 bits per heavy atom. The molecule has 0 saturated carbocycles. The summed E-state index contributed by atoms with van der Waals surface area (Å²) in [6.07, 6.45) is 7.09. The fraction of sp³-hybridized carbons (Fsp3) is 0.486. The molecule has 2 atom stereocenters. The smallest absolute Gasteiger partial charge is 0.250 e. The molecule has 2 heterocycles. The highest BCUT2D eigenvalue weighted by Crippen LogP contribution is 2.27. The quantitative estimate of drug-likeness (QED) is 0.212. The van der Waals surface area contributed by atoms with Crippen molar-refractivity contribution in [3.63, 3.8) is 0 Å². The molecule has 3 amide bonds. The number of nitrogens with two attached hydrogens (primary N) is 1. The van der Waals surface area contributed by atoms with Crippen LogP contribution in [0.1, 0.15) is 70.5 Å². The second-order valence-electron chi connectivity index (χ2n) is 12.6. The standard InChI is InChI=1S/C35H48N6O5/c1-5-6-20-46-28-14-12-27(13-15-28)31(33(43)40-18-16-25(2)17-19-40)41-21-30(37-24-41)39-32(42)29(38-34(44)35(3,4)36)23-45-22-26-10-8-7-9-11-26/h7-15,21,24-25,29,31H,5-6,16-20,22-23,36H2,1-4H3,(H,38,44)(H,39,42). The molecule has 4 rings (SSSR count). The van der Waals surface area contributed by atoms with E-state index in [9.17, 15) is 14.4 Å². The molecular formula is C35H48N6O5. The molecule has 0 bridgehead atoms. The Morgan fingerprint density at radius 2 is 1.76 bits per heavy atom. The van der Waals surface area contributed by atoms with E-state index in [2.05, 4.69) is 29.5 Å². The lowest BCUT2D eigenvalue weighted by Gasteiger charge is -2.33. The van der Waals surface area contributed by atoms with Crippen LogP contribution in [0, 0.1) is 5.92 Å². The molecule has 11 heteroatoms. The number of ether oxygens (including phenoxy) is 2. The number of carbonyl (C=O) groups is 3. The molecule has 11 nitrogen and oxygen atoms in total. The van der Waals surface area contributed by atoms with Crippen LogP contribution in [0.2, 0.25) is 0 Å². The third-order valence-electron chi connectivity index (χ3n) is 8.05. The maximum Gasteiger partial charge on any atom is 0.250 e. The van der Waals surface area contributed by atoms with E-state index in [1.54, 1.807) is 30.9 Å².